The van der Waals surface area contributed by atoms with Gasteiger partial charge in [0.2, 0.25) is 5.95 Å². The molecule has 1 aromatic rings. The zero-order valence-corrected chi connectivity index (χ0v) is 13.1. The number of nitrogens with one attached hydrogen (secondary N) is 1. The molecule has 0 aliphatic heterocycles. The second kappa shape index (κ2) is 7.67. The van der Waals surface area contributed by atoms with E-state index in [0.717, 1.165) is 11.9 Å². The molecule has 0 spiro atoms. The van der Waals surface area contributed by atoms with Gasteiger partial charge in [-0.1, -0.05) is 19.8 Å². The number of methoxy groups -OCH3 is 1. The van der Waals surface area contributed by atoms with Crippen LogP contribution >= 0.6 is 0 Å². The van der Waals surface area contributed by atoms with Crippen molar-refractivity contribution in [1.82, 2.24) is 9.55 Å². The maximum Gasteiger partial charge on any atom is 0.203 e. The first-order valence-corrected chi connectivity index (χ1v) is 8.02. The molecule has 1 aliphatic rings. The van der Waals surface area contributed by atoms with Gasteiger partial charge < -0.3 is 14.6 Å². The smallest absolute Gasteiger partial charge is 0.203 e. The van der Waals surface area contributed by atoms with Crippen LogP contribution in [0.15, 0.2) is 12.4 Å². The Labute approximate surface area is 122 Å². The first kappa shape index (κ1) is 15.4. The van der Waals surface area contributed by atoms with E-state index in [1.807, 2.05) is 6.20 Å². The summed E-state index contributed by atoms with van der Waals surface area (Å²) in [7, 11) is 1.74. The molecule has 4 nitrogen and oxygen atoms in total. The van der Waals surface area contributed by atoms with Gasteiger partial charge in [0.05, 0.1) is 6.61 Å². The lowest BCUT2D eigenvalue weighted by Gasteiger charge is -2.30. The summed E-state index contributed by atoms with van der Waals surface area (Å²) in [5, 5.41) is 3.45. The van der Waals surface area contributed by atoms with Crippen molar-refractivity contribution in [1.29, 1.82) is 0 Å². The van der Waals surface area contributed by atoms with E-state index in [1.165, 1.54) is 38.5 Å². The first-order valence-electron chi connectivity index (χ1n) is 8.02. The van der Waals surface area contributed by atoms with Crippen molar-refractivity contribution < 1.29 is 4.74 Å². The number of imidazole rings is 1. The normalized spacial score (nSPS) is 24.6. The molecule has 2 rings (SSSR count). The third-order valence-electron chi connectivity index (χ3n) is 4.37. The summed E-state index contributed by atoms with van der Waals surface area (Å²) in [6.07, 6.45) is 12.0. The molecule has 1 heterocycles. The highest BCUT2D eigenvalue weighted by Gasteiger charge is 2.23. The molecule has 4 heteroatoms. The SMILES string of the molecule is CCCC1CCC(n2ccnc2NC(C)COC)CC1. The maximum atomic E-state index is 5.18. The van der Waals surface area contributed by atoms with Gasteiger partial charge in [-0.05, 0) is 38.5 Å². The molecule has 1 atom stereocenters. The minimum atomic E-state index is 0.289. The van der Waals surface area contributed by atoms with Crippen LogP contribution < -0.4 is 5.32 Å². The third kappa shape index (κ3) is 3.98. The highest BCUT2D eigenvalue weighted by Crippen LogP contribution is 2.35. The number of aromatic nitrogens is 2. The number of hydrogen-bond donors (Lipinski definition) is 1. The van der Waals surface area contributed by atoms with Gasteiger partial charge in [0.15, 0.2) is 0 Å². The van der Waals surface area contributed by atoms with Crippen LogP contribution in [0.1, 0.15) is 58.4 Å². The fourth-order valence-electron chi connectivity index (χ4n) is 3.35. The highest BCUT2D eigenvalue weighted by molar-refractivity contribution is 5.28. The Morgan fingerprint density at radius 2 is 2.15 bits per heavy atom. The Hall–Kier alpha value is -1.03. The minimum Gasteiger partial charge on any atom is -0.383 e. The predicted octanol–water partition coefficient (Wildman–Crippen LogP) is 3.86. The Morgan fingerprint density at radius 3 is 2.80 bits per heavy atom. The monoisotopic (exact) mass is 279 g/mol. The van der Waals surface area contributed by atoms with Crippen LogP contribution in [0.3, 0.4) is 0 Å². The van der Waals surface area contributed by atoms with E-state index in [2.05, 4.69) is 34.9 Å². The molecule has 0 bridgehead atoms. The van der Waals surface area contributed by atoms with Gasteiger partial charge >= 0.3 is 0 Å². The van der Waals surface area contributed by atoms with Gasteiger partial charge in [-0.2, -0.15) is 0 Å². The molecule has 1 aromatic heterocycles. The van der Waals surface area contributed by atoms with Gasteiger partial charge in [0.1, 0.15) is 0 Å². The fourth-order valence-corrected chi connectivity index (χ4v) is 3.35. The van der Waals surface area contributed by atoms with E-state index in [1.54, 1.807) is 7.11 Å². The van der Waals surface area contributed by atoms with E-state index >= 15 is 0 Å². The molecule has 1 saturated carbocycles. The van der Waals surface area contributed by atoms with Gasteiger partial charge in [-0.25, -0.2) is 4.98 Å². The predicted molar refractivity (Wildman–Crippen MR) is 83.1 cm³/mol. The average Bonchev–Trinajstić information content (AvgIpc) is 2.88. The van der Waals surface area contributed by atoms with Crippen LogP contribution in [0.5, 0.6) is 0 Å². The number of rotatable bonds is 7. The Balaban J connectivity index is 1.92. The van der Waals surface area contributed by atoms with Crippen molar-refractivity contribution in [3.05, 3.63) is 12.4 Å². The van der Waals surface area contributed by atoms with Crippen LogP contribution in [0, 0.1) is 5.92 Å². The molecule has 1 N–H and O–H groups in total. The van der Waals surface area contributed by atoms with Gasteiger partial charge in [-0.15, -0.1) is 0 Å². The van der Waals surface area contributed by atoms with Crippen LogP contribution in [0.4, 0.5) is 5.95 Å². The topological polar surface area (TPSA) is 39.1 Å². The number of nitrogens with zero attached hydrogens (tertiary/aromatic N) is 2. The molecular weight excluding hydrogens is 250 g/mol. The zero-order chi connectivity index (χ0) is 14.4. The Bertz CT molecular complexity index is 383. The molecule has 1 aliphatic carbocycles. The van der Waals surface area contributed by atoms with E-state index < -0.39 is 0 Å². The van der Waals surface area contributed by atoms with Crippen molar-refractivity contribution in [2.75, 3.05) is 19.0 Å². The Morgan fingerprint density at radius 1 is 1.40 bits per heavy atom. The lowest BCUT2D eigenvalue weighted by Crippen LogP contribution is -2.25. The Kier molecular flexibility index (Phi) is 5.89. The molecule has 0 amide bonds. The second-order valence-corrected chi connectivity index (χ2v) is 6.12. The zero-order valence-electron chi connectivity index (χ0n) is 13.1. The van der Waals surface area contributed by atoms with Crippen molar-refractivity contribution in [2.24, 2.45) is 5.92 Å². The molecule has 20 heavy (non-hydrogen) atoms. The average molecular weight is 279 g/mol. The van der Waals surface area contributed by atoms with Crippen LogP contribution in [-0.4, -0.2) is 29.3 Å². The van der Waals surface area contributed by atoms with Crippen molar-refractivity contribution >= 4 is 5.95 Å². The van der Waals surface area contributed by atoms with Crippen LogP contribution in [-0.2, 0) is 4.74 Å². The van der Waals surface area contributed by atoms with E-state index in [0.29, 0.717) is 12.6 Å². The lowest BCUT2D eigenvalue weighted by molar-refractivity contribution is 0.189. The van der Waals surface area contributed by atoms with Crippen molar-refractivity contribution in [3.8, 4) is 0 Å². The van der Waals surface area contributed by atoms with Crippen LogP contribution in [0.2, 0.25) is 0 Å². The molecule has 0 radical (unpaired) electrons. The minimum absolute atomic E-state index is 0.289. The summed E-state index contributed by atoms with van der Waals surface area (Å²) in [6.45, 7) is 5.12. The molecular formula is C16H29N3O. The van der Waals surface area contributed by atoms with E-state index in [-0.39, 0.29) is 6.04 Å². The molecule has 1 unspecified atom stereocenters. The number of hydrogen-bond acceptors (Lipinski definition) is 3. The maximum absolute atomic E-state index is 5.18. The van der Waals surface area contributed by atoms with Crippen molar-refractivity contribution in [2.45, 2.75) is 64.5 Å². The first-order chi connectivity index (χ1) is 9.74. The van der Waals surface area contributed by atoms with Gasteiger partial charge in [0.25, 0.3) is 0 Å². The van der Waals surface area contributed by atoms with Crippen LogP contribution in [0.25, 0.3) is 0 Å². The molecule has 0 aromatic carbocycles. The molecule has 114 valence electrons. The summed E-state index contributed by atoms with van der Waals surface area (Å²) >= 11 is 0. The van der Waals surface area contributed by atoms with E-state index in [9.17, 15) is 0 Å². The number of ether oxygens (including phenoxy) is 1. The number of anilines is 1. The third-order valence-corrected chi connectivity index (χ3v) is 4.37. The fraction of sp³-hybridized carbons (Fsp3) is 0.812. The highest BCUT2D eigenvalue weighted by atomic mass is 16.5. The summed E-state index contributed by atoms with van der Waals surface area (Å²) in [5.74, 6) is 1.94. The molecule has 1 fully saturated rings. The molecule has 0 saturated heterocycles. The van der Waals surface area contributed by atoms with Gasteiger partial charge in [-0.3, -0.25) is 0 Å². The summed E-state index contributed by atoms with van der Waals surface area (Å²) in [4.78, 5) is 4.47. The standard InChI is InChI=1S/C16H29N3O/c1-4-5-14-6-8-15(9-7-14)19-11-10-17-16(19)18-13(2)12-20-3/h10-11,13-15H,4-9,12H2,1-3H3,(H,17,18). The van der Waals surface area contributed by atoms with Crippen molar-refractivity contribution in [3.63, 3.8) is 0 Å². The van der Waals surface area contributed by atoms with E-state index in [4.69, 9.17) is 4.74 Å². The summed E-state index contributed by atoms with van der Waals surface area (Å²) in [6, 6.07) is 0.903. The summed E-state index contributed by atoms with van der Waals surface area (Å²) in [5.41, 5.74) is 0. The lowest BCUT2D eigenvalue weighted by atomic mass is 9.83. The summed E-state index contributed by atoms with van der Waals surface area (Å²) < 4.78 is 7.51. The second-order valence-electron chi connectivity index (χ2n) is 6.12. The quantitative estimate of drug-likeness (QED) is 0.823. The largest absolute Gasteiger partial charge is 0.383 e. The van der Waals surface area contributed by atoms with Gasteiger partial charge in [0, 0.05) is 31.6 Å².